The van der Waals surface area contributed by atoms with E-state index in [2.05, 4.69) is 19.2 Å². The Bertz CT molecular complexity index is 476. The van der Waals surface area contributed by atoms with Crippen molar-refractivity contribution < 1.29 is 14.3 Å². The van der Waals surface area contributed by atoms with Gasteiger partial charge in [0, 0.05) is 6.42 Å². The van der Waals surface area contributed by atoms with Crippen LogP contribution < -0.4 is 14.8 Å². The summed E-state index contributed by atoms with van der Waals surface area (Å²) in [4.78, 5) is 11.5. The van der Waals surface area contributed by atoms with Gasteiger partial charge in [-0.2, -0.15) is 0 Å². The largest absolute Gasteiger partial charge is 0.490 e. The van der Waals surface area contributed by atoms with Crippen LogP contribution in [-0.4, -0.2) is 25.0 Å². The van der Waals surface area contributed by atoms with Gasteiger partial charge in [-0.1, -0.05) is 19.9 Å². The van der Waals surface area contributed by atoms with Crippen LogP contribution in [0.2, 0.25) is 0 Å². The standard InChI is InChI=1S/C15H20ClNO3/c1-10(2)15(17-14(18)9-16)11-4-5-12-13(8-11)20-7-3-6-19-12/h4-5,8,10,15H,3,6-7,9H2,1-2H3,(H,17,18). The summed E-state index contributed by atoms with van der Waals surface area (Å²) in [6, 6.07) is 5.73. The van der Waals surface area contributed by atoms with Crippen LogP contribution in [0.4, 0.5) is 0 Å². The minimum absolute atomic E-state index is 0.0340. The Morgan fingerprint density at radius 1 is 1.30 bits per heavy atom. The quantitative estimate of drug-likeness (QED) is 0.869. The fourth-order valence-corrected chi connectivity index (χ4v) is 2.30. The molecule has 110 valence electrons. The Morgan fingerprint density at radius 2 is 2.00 bits per heavy atom. The second kappa shape index (κ2) is 6.84. The molecule has 1 heterocycles. The van der Waals surface area contributed by atoms with Crippen LogP contribution in [0.15, 0.2) is 18.2 Å². The van der Waals surface area contributed by atoms with E-state index in [1.54, 1.807) is 0 Å². The molecule has 1 amide bonds. The first-order chi connectivity index (χ1) is 9.61. The molecule has 1 aliphatic rings. The van der Waals surface area contributed by atoms with Crippen LogP contribution in [0.1, 0.15) is 31.9 Å². The number of amides is 1. The third-order valence-electron chi connectivity index (χ3n) is 3.24. The summed E-state index contributed by atoms with van der Waals surface area (Å²) in [6.07, 6.45) is 0.876. The lowest BCUT2D eigenvalue weighted by Crippen LogP contribution is -2.32. The van der Waals surface area contributed by atoms with E-state index >= 15 is 0 Å². The molecule has 0 fully saturated rings. The van der Waals surface area contributed by atoms with Crippen molar-refractivity contribution in [3.05, 3.63) is 23.8 Å². The number of carbonyl (C=O) groups is 1. The maximum Gasteiger partial charge on any atom is 0.235 e. The maximum absolute atomic E-state index is 11.5. The van der Waals surface area contributed by atoms with E-state index in [4.69, 9.17) is 21.1 Å². The Kier molecular flexibility index (Phi) is 5.12. The molecule has 0 bridgehead atoms. The highest BCUT2D eigenvalue weighted by atomic mass is 35.5. The molecule has 1 unspecified atom stereocenters. The van der Waals surface area contributed by atoms with Gasteiger partial charge in [-0.05, 0) is 23.6 Å². The molecule has 20 heavy (non-hydrogen) atoms. The van der Waals surface area contributed by atoms with Gasteiger partial charge in [0.2, 0.25) is 5.91 Å². The van der Waals surface area contributed by atoms with Gasteiger partial charge in [0.05, 0.1) is 19.3 Å². The molecule has 0 radical (unpaired) electrons. The molecule has 0 saturated carbocycles. The number of carbonyl (C=O) groups excluding carboxylic acids is 1. The lowest BCUT2D eigenvalue weighted by Gasteiger charge is -2.23. The van der Waals surface area contributed by atoms with E-state index in [0.29, 0.717) is 13.2 Å². The van der Waals surface area contributed by atoms with Gasteiger partial charge in [0.15, 0.2) is 11.5 Å². The minimum Gasteiger partial charge on any atom is -0.490 e. The number of ether oxygens (including phenoxy) is 2. The number of hydrogen-bond acceptors (Lipinski definition) is 3. The average Bonchev–Trinajstić information content (AvgIpc) is 2.68. The predicted molar refractivity (Wildman–Crippen MR) is 78.5 cm³/mol. The van der Waals surface area contributed by atoms with Crippen molar-refractivity contribution in [2.45, 2.75) is 26.3 Å². The van der Waals surface area contributed by atoms with Gasteiger partial charge >= 0.3 is 0 Å². The minimum atomic E-state index is -0.169. The molecular formula is C15H20ClNO3. The number of nitrogens with one attached hydrogen (secondary N) is 1. The number of hydrogen-bond donors (Lipinski definition) is 1. The van der Waals surface area contributed by atoms with Gasteiger partial charge in [-0.3, -0.25) is 4.79 Å². The molecule has 0 saturated heterocycles. The third kappa shape index (κ3) is 3.57. The molecule has 1 aromatic carbocycles. The van der Waals surface area contributed by atoms with Gasteiger partial charge in [0.1, 0.15) is 5.88 Å². The third-order valence-corrected chi connectivity index (χ3v) is 3.48. The lowest BCUT2D eigenvalue weighted by molar-refractivity contribution is -0.119. The summed E-state index contributed by atoms with van der Waals surface area (Å²) in [5.41, 5.74) is 1.00. The Hall–Kier alpha value is -1.42. The molecule has 0 aromatic heterocycles. The number of halogens is 1. The van der Waals surface area contributed by atoms with E-state index in [-0.39, 0.29) is 23.7 Å². The first-order valence-corrected chi connectivity index (χ1v) is 7.40. The number of fused-ring (bicyclic) bond motifs is 1. The van der Waals surface area contributed by atoms with E-state index < -0.39 is 0 Å². The molecule has 4 nitrogen and oxygen atoms in total. The zero-order valence-electron chi connectivity index (χ0n) is 11.8. The van der Waals surface area contributed by atoms with Crippen LogP contribution in [0, 0.1) is 5.92 Å². The molecular weight excluding hydrogens is 278 g/mol. The number of benzene rings is 1. The molecule has 2 rings (SSSR count). The van der Waals surface area contributed by atoms with Gasteiger partial charge in [0.25, 0.3) is 0 Å². The zero-order chi connectivity index (χ0) is 14.5. The molecule has 1 N–H and O–H groups in total. The SMILES string of the molecule is CC(C)C(NC(=O)CCl)c1ccc2c(c1)OCCCO2. The Morgan fingerprint density at radius 3 is 2.65 bits per heavy atom. The number of alkyl halides is 1. The van der Waals surface area contributed by atoms with Gasteiger partial charge in [-0.25, -0.2) is 0 Å². The van der Waals surface area contributed by atoms with Crippen molar-refractivity contribution in [1.29, 1.82) is 0 Å². The second-order valence-electron chi connectivity index (χ2n) is 5.18. The van der Waals surface area contributed by atoms with Crippen molar-refractivity contribution >= 4 is 17.5 Å². The lowest BCUT2D eigenvalue weighted by atomic mass is 9.95. The normalized spacial score (nSPS) is 15.6. The van der Waals surface area contributed by atoms with E-state index in [1.807, 2.05) is 18.2 Å². The highest BCUT2D eigenvalue weighted by Crippen LogP contribution is 2.34. The van der Waals surface area contributed by atoms with Crippen molar-refractivity contribution in [2.24, 2.45) is 5.92 Å². The van der Waals surface area contributed by atoms with Crippen LogP contribution in [0.5, 0.6) is 11.5 Å². The smallest absolute Gasteiger partial charge is 0.235 e. The fraction of sp³-hybridized carbons (Fsp3) is 0.533. The summed E-state index contributed by atoms with van der Waals surface area (Å²) in [7, 11) is 0. The Labute approximate surface area is 124 Å². The van der Waals surface area contributed by atoms with Crippen molar-refractivity contribution in [2.75, 3.05) is 19.1 Å². The highest BCUT2D eigenvalue weighted by molar-refractivity contribution is 6.27. The number of rotatable bonds is 4. The van der Waals surface area contributed by atoms with Crippen LogP contribution in [0.25, 0.3) is 0 Å². The first kappa shape index (κ1) is 15.0. The van der Waals surface area contributed by atoms with Crippen molar-refractivity contribution in [3.63, 3.8) is 0 Å². The monoisotopic (exact) mass is 297 g/mol. The molecule has 0 spiro atoms. The van der Waals surface area contributed by atoms with E-state index in [9.17, 15) is 4.79 Å². The van der Waals surface area contributed by atoms with Crippen molar-refractivity contribution in [1.82, 2.24) is 5.32 Å². The van der Waals surface area contributed by atoms with Crippen LogP contribution in [0.3, 0.4) is 0 Å². The fourth-order valence-electron chi connectivity index (χ4n) is 2.22. The summed E-state index contributed by atoms with van der Waals surface area (Å²) < 4.78 is 11.3. The Balaban J connectivity index is 2.25. The maximum atomic E-state index is 11.5. The van der Waals surface area contributed by atoms with Crippen LogP contribution in [-0.2, 0) is 4.79 Å². The predicted octanol–water partition coefficient (Wildman–Crippen LogP) is 2.90. The molecule has 1 atom stereocenters. The molecule has 1 aliphatic heterocycles. The molecule has 5 heteroatoms. The van der Waals surface area contributed by atoms with Gasteiger partial charge in [-0.15, -0.1) is 11.6 Å². The van der Waals surface area contributed by atoms with Crippen molar-refractivity contribution in [3.8, 4) is 11.5 Å². The highest BCUT2D eigenvalue weighted by Gasteiger charge is 2.20. The summed E-state index contributed by atoms with van der Waals surface area (Å²) in [5.74, 6) is 1.56. The summed E-state index contributed by atoms with van der Waals surface area (Å²) in [5, 5.41) is 2.94. The van der Waals surface area contributed by atoms with Gasteiger partial charge < -0.3 is 14.8 Å². The van der Waals surface area contributed by atoms with Crippen LogP contribution >= 0.6 is 11.6 Å². The first-order valence-electron chi connectivity index (χ1n) is 6.86. The molecule has 0 aliphatic carbocycles. The molecule has 1 aromatic rings. The average molecular weight is 298 g/mol. The van der Waals surface area contributed by atoms with E-state index in [0.717, 1.165) is 23.5 Å². The second-order valence-corrected chi connectivity index (χ2v) is 5.45. The topological polar surface area (TPSA) is 47.6 Å². The summed E-state index contributed by atoms with van der Waals surface area (Å²) >= 11 is 5.57. The zero-order valence-corrected chi connectivity index (χ0v) is 12.6. The summed E-state index contributed by atoms with van der Waals surface area (Å²) in [6.45, 7) is 5.43. The van der Waals surface area contributed by atoms with E-state index in [1.165, 1.54) is 0 Å².